The number of halogens is 3. The van der Waals surface area contributed by atoms with Gasteiger partial charge in [-0.3, -0.25) is 4.72 Å². The van der Waals surface area contributed by atoms with Gasteiger partial charge in [0.05, 0.1) is 17.8 Å². The standard InChI is InChI=1S/C13H10BrClFNO3S/c1-20-12-5-2-8(14)6-13(12)21(18,19)17-11-4-3-9(16)7-10(11)15/h2-7,17H,1H3. The molecule has 0 atom stereocenters. The first-order chi connectivity index (χ1) is 9.83. The monoisotopic (exact) mass is 393 g/mol. The van der Waals surface area contributed by atoms with Gasteiger partial charge in [-0.2, -0.15) is 0 Å². The molecule has 4 nitrogen and oxygen atoms in total. The van der Waals surface area contributed by atoms with Gasteiger partial charge < -0.3 is 4.74 Å². The molecule has 8 heteroatoms. The summed E-state index contributed by atoms with van der Waals surface area (Å²) in [4.78, 5) is -0.0558. The van der Waals surface area contributed by atoms with E-state index in [1.165, 1.54) is 25.3 Å². The maximum absolute atomic E-state index is 13.0. The Balaban J connectivity index is 2.45. The second-order valence-corrected chi connectivity index (χ2v) is 7.00. The van der Waals surface area contributed by atoms with Gasteiger partial charge in [0, 0.05) is 4.47 Å². The van der Waals surface area contributed by atoms with E-state index in [4.69, 9.17) is 16.3 Å². The van der Waals surface area contributed by atoms with Gasteiger partial charge in [0.2, 0.25) is 0 Å². The largest absolute Gasteiger partial charge is 0.495 e. The SMILES string of the molecule is COc1ccc(Br)cc1S(=O)(=O)Nc1ccc(F)cc1Cl. The van der Waals surface area contributed by atoms with Crippen LogP contribution in [0.2, 0.25) is 5.02 Å². The summed E-state index contributed by atoms with van der Waals surface area (Å²) in [5.41, 5.74) is 0.0834. The fourth-order valence-electron chi connectivity index (χ4n) is 1.63. The Kier molecular flexibility index (Phi) is 4.75. The van der Waals surface area contributed by atoms with Crippen molar-refractivity contribution in [1.29, 1.82) is 0 Å². The highest BCUT2D eigenvalue weighted by atomic mass is 79.9. The molecule has 2 rings (SSSR count). The number of nitrogens with one attached hydrogen (secondary N) is 1. The van der Waals surface area contributed by atoms with Crippen LogP contribution < -0.4 is 9.46 Å². The Morgan fingerprint density at radius 3 is 2.57 bits per heavy atom. The Morgan fingerprint density at radius 1 is 1.24 bits per heavy atom. The van der Waals surface area contributed by atoms with E-state index >= 15 is 0 Å². The van der Waals surface area contributed by atoms with Crippen LogP contribution in [0, 0.1) is 5.82 Å². The normalized spacial score (nSPS) is 11.2. The average molecular weight is 395 g/mol. The number of rotatable bonds is 4. The summed E-state index contributed by atoms with van der Waals surface area (Å²) < 4.78 is 45.7. The summed E-state index contributed by atoms with van der Waals surface area (Å²) in [5.74, 6) is -0.369. The Labute approximate surface area is 135 Å². The minimum Gasteiger partial charge on any atom is -0.495 e. The first-order valence-corrected chi connectivity index (χ1v) is 8.30. The number of methoxy groups -OCH3 is 1. The average Bonchev–Trinajstić information content (AvgIpc) is 2.42. The fourth-order valence-corrected chi connectivity index (χ4v) is 3.69. The molecule has 0 heterocycles. The minimum absolute atomic E-state index is 0.0347. The predicted molar refractivity (Wildman–Crippen MR) is 82.9 cm³/mol. The molecule has 0 saturated carbocycles. The lowest BCUT2D eigenvalue weighted by Gasteiger charge is -2.13. The molecule has 0 fully saturated rings. The fraction of sp³-hybridized carbons (Fsp3) is 0.0769. The Morgan fingerprint density at radius 2 is 1.95 bits per heavy atom. The molecule has 0 aliphatic rings. The van der Waals surface area contributed by atoms with E-state index < -0.39 is 15.8 Å². The summed E-state index contributed by atoms with van der Waals surface area (Å²) in [6.07, 6.45) is 0. The van der Waals surface area contributed by atoms with Gasteiger partial charge in [0.25, 0.3) is 10.0 Å². The smallest absolute Gasteiger partial charge is 0.265 e. The van der Waals surface area contributed by atoms with Crippen molar-refractivity contribution in [2.75, 3.05) is 11.8 Å². The number of anilines is 1. The summed E-state index contributed by atoms with van der Waals surface area (Å²) >= 11 is 9.02. The van der Waals surface area contributed by atoms with Gasteiger partial charge in [-0.05, 0) is 36.4 Å². The molecule has 0 aromatic heterocycles. The van der Waals surface area contributed by atoms with E-state index in [1.807, 2.05) is 0 Å². The molecule has 2 aromatic rings. The lowest BCUT2D eigenvalue weighted by Crippen LogP contribution is -2.14. The molecular formula is C13H10BrClFNO3S. The van der Waals surface area contributed by atoms with E-state index in [2.05, 4.69) is 20.7 Å². The lowest BCUT2D eigenvalue weighted by atomic mass is 10.3. The molecule has 0 radical (unpaired) electrons. The van der Waals surface area contributed by atoms with Gasteiger partial charge in [0.1, 0.15) is 16.5 Å². The molecule has 0 unspecified atom stereocenters. The number of ether oxygens (including phenoxy) is 1. The van der Waals surface area contributed by atoms with E-state index in [1.54, 1.807) is 6.07 Å². The summed E-state index contributed by atoms with van der Waals surface area (Å²) in [6.45, 7) is 0. The highest BCUT2D eigenvalue weighted by Gasteiger charge is 2.21. The van der Waals surface area contributed by atoms with Crippen molar-refractivity contribution in [2.45, 2.75) is 4.90 Å². The zero-order chi connectivity index (χ0) is 15.6. The zero-order valence-electron chi connectivity index (χ0n) is 10.7. The van der Waals surface area contributed by atoms with Crippen LogP contribution in [0.1, 0.15) is 0 Å². The van der Waals surface area contributed by atoms with E-state index in [0.29, 0.717) is 4.47 Å². The molecule has 0 bridgehead atoms. The molecule has 0 spiro atoms. The van der Waals surface area contributed by atoms with Crippen LogP contribution in [0.15, 0.2) is 45.8 Å². The molecule has 0 aliphatic carbocycles. The molecule has 0 saturated heterocycles. The van der Waals surface area contributed by atoms with Crippen molar-refractivity contribution >= 4 is 43.2 Å². The second-order valence-electron chi connectivity index (χ2n) is 4.02. The number of hydrogen-bond donors (Lipinski definition) is 1. The van der Waals surface area contributed by atoms with Gasteiger partial charge >= 0.3 is 0 Å². The first-order valence-electron chi connectivity index (χ1n) is 5.65. The summed E-state index contributed by atoms with van der Waals surface area (Å²) in [7, 11) is -2.56. The molecule has 21 heavy (non-hydrogen) atoms. The van der Waals surface area contributed by atoms with Gasteiger partial charge in [-0.25, -0.2) is 12.8 Å². The van der Waals surface area contributed by atoms with E-state index in [0.717, 1.165) is 12.1 Å². The number of sulfonamides is 1. The van der Waals surface area contributed by atoms with Crippen LogP contribution in [-0.4, -0.2) is 15.5 Å². The summed E-state index contributed by atoms with van der Waals surface area (Å²) in [5, 5.41) is -0.0347. The third kappa shape index (κ3) is 3.66. The zero-order valence-corrected chi connectivity index (χ0v) is 13.9. The third-order valence-electron chi connectivity index (χ3n) is 2.59. The van der Waals surface area contributed by atoms with Gasteiger partial charge in [-0.1, -0.05) is 27.5 Å². The first kappa shape index (κ1) is 16.1. The molecule has 0 aliphatic heterocycles. The molecule has 112 valence electrons. The summed E-state index contributed by atoms with van der Waals surface area (Å²) in [6, 6.07) is 7.96. The van der Waals surface area contributed by atoms with Crippen molar-refractivity contribution in [3.8, 4) is 5.75 Å². The molecule has 1 N–H and O–H groups in total. The second kappa shape index (κ2) is 6.21. The van der Waals surface area contributed by atoms with Crippen molar-refractivity contribution in [3.63, 3.8) is 0 Å². The van der Waals surface area contributed by atoms with Crippen molar-refractivity contribution in [1.82, 2.24) is 0 Å². The molecule has 0 amide bonds. The van der Waals surface area contributed by atoms with E-state index in [-0.39, 0.29) is 21.4 Å². The Bertz CT molecular complexity index is 783. The molecular weight excluding hydrogens is 385 g/mol. The van der Waals surface area contributed by atoms with Crippen molar-refractivity contribution in [3.05, 3.63) is 51.7 Å². The molecule has 2 aromatic carbocycles. The van der Waals surface area contributed by atoms with Crippen LogP contribution in [-0.2, 0) is 10.0 Å². The van der Waals surface area contributed by atoms with Crippen LogP contribution in [0.3, 0.4) is 0 Å². The van der Waals surface area contributed by atoms with Crippen molar-refractivity contribution < 1.29 is 17.5 Å². The van der Waals surface area contributed by atoms with Crippen LogP contribution in [0.4, 0.5) is 10.1 Å². The van der Waals surface area contributed by atoms with Crippen LogP contribution in [0.25, 0.3) is 0 Å². The highest BCUT2D eigenvalue weighted by Crippen LogP contribution is 2.31. The number of hydrogen-bond acceptors (Lipinski definition) is 3. The topological polar surface area (TPSA) is 55.4 Å². The lowest BCUT2D eigenvalue weighted by molar-refractivity contribution is 0.403. The maximum atomic E-state index is 13.0. The Hall–Kier alpha value is -1.31. The van der Waals surface area contributed by atoms with Crippen molar-refractivity contribution in [2.24, 2.45) is 0 Å². The maximum Gasteiger partial charge on any atom is 0.265 e. The minimum atomic E-state index is -3.93. The number of benzene rings is 2. The highest BCUT2D eigenvalue weighted by molar-refractivity contribution is 9.10. The third-order valence-corrected chi connectivity index (χ3v) is 4.78. The van der Waals surface area contributed by atoms with Gasteiger partial charge in [-0.15, -0.1) is 0 Å². The predicted octanol–water partition coefficient (Wildman–Crippen LogP) is 4.05. The van der Waals surface area contributed by atoms with Crippen LogP contribution >= 0.6 is 27.5 Å². The van der Waals surface area contributed by atoms with Crippen LogP contribution in [0.5, 0.6) is 5.75 Å². The van der Waals surface area contributed by atoms with E-state index in [9.17, 15) is 12.8 Å². The quantitative estimate of drug-likeness (QED) is 0.851. The van der Waals surface area contributed by atoms with Gasteiger partial charge in [0.15, 0.2) is 0 Å².